The monoisotopic (exact) mass is 372 g/mol. The summed E-state index contributed by atoms with van der Waals surface area (Å²) < 4.78 is 10.3. The van der Waals surface area contributed by atoms with Gasteiger partial charge in [0, 0.05) is 5.57 Å². The van der Waals surface area contributed by atoms with Gasteiger partial charge in [-0.25, -0.2) is 4.79 Å². The van der Waals surface area contributed by atoms with Crippen LogP contribution in [0.4, 0.5) is 0 Å². The number of phenols is 2. The van der Waals surface area contributed by atoms with Crippen molar-refractivity contribution in [2.45, 2.75) is 13.0 Å². The lowest BCUT2D eigenvalue weighted by Crippen LogP contribution is -2.25. The molecule has 142 valence electrons. The van der Waals surface area contributed by atoms with E-state index in [1.165, 1.54) is 37.3 Å². The van der Waals surface area contributed by atoms with E-state index >= 15 is 0 Å². The second-order valence-corrected chi connectivity index (χ2v) is 5.84. The summed E-state index contributed by atoms with van der Waals surface area (Å²) in [6, 6.07) is 10.4. The summed E-state index contributed by atoms with van der Waals surface area (Å²) >= 11 is 0. The molecule has 2 aromatic carbocycles. The summed E-state index contributed by atoms with van der Waals surface area (Å²) in [6.45, 7) is 4.42. The first-order valence-electron chi connectivity index (χ1n) is 8.09. The molecule has 0 fully saturated rings. The lowest BCUT2D eigenvalue weighted by Gasteiger charge is -2.15. The molecule has 0 spiro atoms. The van der Waals surface area contributed by atoms with Gasteiger partial charge in [-0.1, -0.05) is 24.8 Å². The third-order valence-corrected chi connectivity index (χ3v) is 3.58. The molecule has 27 heavy (non-hydrogen) atoms. The minimum atomic E-state index is -1.11. The molecule has 3 N–H and O–H groups in total. The first-order valence-corrected chi connectivity index (χ1v) is 8.09. The molecule has 0 heterocycles. The zero-order valence-corrected chi connectivity index (χ0v) is 14.7. The van der Waals surface area contributed by atoms with Crippen LogP contribution in [0.25, 0.3) is 0 Å². The molecular weight excluding hydrogens is 352 g/mol. The molecule has 1 unspecified atom stereocenters. The SMILES string of the molecule is C=C(C)C(=O)OCC(O)COc1ccccc1C(=O)c1cccc(O)c1O. The molecule has 2 aromatic rings. The molecule has 0 aliphatic rings. The molecule has 0 amide bonds. The van der Waals surface area contributed by atoms with Crippen LogP contribution in [0.5, 0.6) is 17.2 Å². The van der Waals surface area contributed by atoms with Crippen LogP contribution in [0.15, 0.2) is 54.6 Å². The van der Waals surface area contributed by atoms with E-state index in [-0.39, 0.29) is 35.7 Å². The van der Waals surface area contributed by atoms with Crippen molar-refractivity contribution in [3.05, 3.63) is 65.7 Å². The van der Waals surface area contributed by atoms with E-state index in [2.05, 4.69) is 6.58 Å². The Labute approximate surface area is 156 Å². The molecule has 0 saturated heterocycles. The zero-order chi connectivity index (χ0) is 20.0. The third kappa shape index (κ3) is 5.08. The lowest BCUT2D eigenvalue weighted by molar-refractivity contribution is -0.142. The number of rotatable bonds is 8. The van der Waals surface area contributed by atoms with E-state index in [4.69, 9.17) is 9.47 Å². The van der Waals surface area contributed by atoms with E-state index in [0.29, 0.717) is 0 Å². The number of carbonyl (C=O) groups is 2. The van der Waals surface area contributed by atoms with Crippen LogP contribution >= 0.6 is 0 Å². The van der Waals surface area contributed by atoms with Crippen LogP contribution in [0.2, 0.25) is 0 Å². The average Bonchev–Trinajstić information content (AvgIpc) is 2.66. The van der Waals surface area contributed by atoms with Crippen molar-refractivity contribution in [3.63, 3.8) is 0 Å². The highest BCUT2D eigenvalue weighted by Gasteiger charge is 2.20. The third-order valence-electron chi connectivity index (χ3n) is 3.58. The van der Waals surface area contributed by atoms with E-state index in [1.54, 1.807) is 12.1 Å². The zero-order valence-electron chi connectivity index (χ0n) is 14.7. The van der Waals surface area contributed by atoms with Crippen molar-refractivity contribution in [3.8, 4) is 17.2 Å². The number of aliphatic hydroxyl groups is 1. The van der Waals surface area contributed by atoms with E-state index in [0.717, 1.165) is 0 Å². The highest BCUT2D eigenvalue weighted by atomic mass is 16.5. The summed E-state index contributed by atoms with van der Waals surface area (Å²) in [5.41, 5.74) is 0.275. The van der Waals surface area contributed by atoms with Gasteiger partial charge in [0.2, 0.25) is 5.78 Å². The number of hydrogen-bond acceptors (Lipinski definition) is 7. The highest BCUT2D eigenvalue weighted by Crippen LogP contribution is 2.32. The maximum Gasteiger partial charge on any atom is 0.333 e. The van der Waals surface area contributed by atoms with Gasteiger partial charge in [0.05, 0.1) is 11.1 Å². The van der Waals surface area contributed by atoms with E-state index < -0.39 is 29.4 Å². The number of aliphatic hydroxyl groups excluding tert-OH is 1. The van der Waals surface area contributed by atoms with E-state index in [1.807, 2.05) is 0 Å². The van der Waals surface area contributed by atoms with Gasteiger partial charge in [0.25, 0.3) is 0 Å². The molecular formula is C20H20O7. The summed E-state index contributed by atoms with van der Waals surface area (Å²) in [6.07, 6.45) is -1.11. The summed E-state index contributed by atoms with van der Waals surface area (Å²) in [5, 5.41) is 29.3. The van der Waals surface area contributed by atoms with Crippen molar-refractivity contribution >= 4 is 11.8 Å². The molecule has 0 aromatic heterocycles. The molecule has 7 nitrogen and oxygen atoms in total. The Kier molecular flexibility index (Phi) is 6.56. The van der Waals surface area contributed by atoms with Gasteiger partial charge in [-0.05, 0) is 31.2 Å². The molecule has 7 heteroatoms. The van der Waals surface area contributed by atoms with Crippen LogP contribution in [0, 0.1) is 0 Å². The molecule has 0 aliphatic carbocycles. The summed E-state index contributed by atoms with van der Waals surface area (Å²) in [4.78, 5) is 24.0. The van der Waals surface area contributed by atoms with Crippen molar-refractivity contribution in [1.29, 1.82) is 0 Å². The first-order chi connectivity index (χ1) is 12.8. The standard InChI is InChI=1S/C20H20O7/c1-12(2)20(25)27-11-13(21)10-26-17-9-4-3-6-14(17)18(23)15-7-5-8-16(22)19(15)24/h3-9,13,21-22,24H,1,10-11H2,2H3. The average molecular weight is 372 g/mol. The molecule has 0 aliphatic heterocycles. The lowest BCUT2D eigenvalue weighted by atomic mass is 10.0. The number of para-hydroxylation sites is 2. The maximum atomic E-state index is 12.7. The maximum absolute atomic E-state index is 12.7. The smallest absolute Gasteiger partial charge is 0.333 e. The molecule has 1 atom stereocenters. The Morgan fingerprint density at radius 1 is 1.04 bits per heavy atom. The van der Waals surface area contributed by atoms with Crippen molar-refractivity contribution in [1.82, 2.24) is 0 Å². The highest BCUT2D eigenvalue weighted by molar-refractivity contribution is 6.12. The van der Waals surface area contributed by atoms with Gasteiger partial charge in [-0.15, -0.1) is 0 Å². The van der Waals surface area contributed by atoms with Crippen molar-refractivity contribution in [2.75, 3.05) is 13.2 Å². The van der Waals surface area contributed by atoms with Gasteiger partial charge in [0.15, 0.2) is 11.5 Å². The van der Waals surface area contributed by atoms with Crippen LogP contribution in [0.1, 0.15) is 22.8 Å². The van der Waals surface area contributed by atoms with Crippen molar-refractivity contribution in [2.24, 2.45) is 0 Å². The summed E-state index contributed by atoms with van der Waals surface area (Å²) in [7, 11) is 0. The number of hydrogen-bond donors (Lipinski definition) is 3. The Morgan fingerprint density at radius 2 is 1.70 bits per heavy atom. The van der Waals surface area contributed by atoms with Crippen molar-refractivity contribution < 1.29 is 34.4 Å². The Bertz CT molecular complexity index is 857. The van der Waals surface area contributed by atoms with Gasteiger partial charge in [0.1, 0.15) is 25.1 Å². The number of carbonyl (C=O) groups excluding carboxylic acids is 2. The number of ketones is 1. The topological polar surface area (TPSA) is 113 Å². The number of ether oxygens (including phenoxy) is 2. The van der Waals surface area contributed by atoms with Crippen LogP contribution in [-0.4, -0.2) is 46.4 Å². The number of esters is 1. The molecule has 0 bridgehead atoms. The fraction of sp³-hybridized carbons (Fsp3) is 0.200. The predicted octanol–water partition coefficient (Wildman–Crippen LogP) is 2.19. The fourth-order valence-corrected chi connectivity index (χ4v) is 2.17. The second-order valence-electron chi connectivity index (χ2n) is 5.84. The number of aromatic hydroxyl groups is 2. The normalized spacial score (nSPS) is 11.5. The minimum absolute atomic E-state index is 0.0815. The van der Waals surface area contributed by atoms with Crippen LogP contribution < -0.4 is 4.74 Å². The second kappa shape index (κ2) is 8.86. The van der Waals surface area contributed by atoms with Gasteiger partial charge < -0.3 is 24.8 Å². The Balaban J connectivity index is 2.09. The van der Waals surface area contributed by atoms with Crippen LogP contribution in [0.3, 0.4) is 0 Å². The molecule has 0 radical (unpaired) electrons. The fourth-order valence-electron chi connectivity index (χ4n) is 2.17. The quantitative estimate of drug-likeness (QED) is 0.282. The van der Waals surface area contributed by atoms with E-state index in [9.17, 15) is 24.9 Å². The van der Waals surface area contributed by atoms with Gasteiger partial charge in [-0.3, -0.25) is 4.79 Å². The predicted molar refractivity (Wildman–Crippen MR) is 96.9 cm³/mol. The first kappa shape index (κ1) is 20.0. The number of phenolic OH excluding ortho intramolecular Hbond substituents is 2. The summed E-state index contributed by atoms with van der Waals surface area (Å²) in [5.74, 6) is -1.93. The Hall–Kier alpha value is -3.32. The van der Waals surface area contributed by atoms with Gasteiger partial charge in [-0.2, -0.15) is 0 Å². The molecule has 2 rings (SSSR count). The minimum Gasteiger partial charge on any atom is -0.504 e. The molecule has 0 saturated carbocycles. The van der Waals surface area contributed by atoms with Crippen LogP contribution in [-0.2, 0) is 9.53 Å². The Morgan fingerprint density at radius 3 is 2.41 bits per heavy atom. The van der Waals surface area contributed by atoms with Gasteiger partial charge >= 0.3 is 5.97 Å². The largest absolute Gasteiger partial charge is 0.504 e. The number of benzene rings is 2.